The van der Waals surface area contributed by atoms with Crippen molar-refractivity contribution in [2.24, 2.45) is 16.6 Å². The monoisotopic (exact) mass is 415 g/mol. The Kier molecular flexibility index (Phi) is 6.50. The second-order valence-electron chi connectivity index (χ2n) is 6.15. The number of guanidine groups is 1. The van der Waals surface area contributed by atoms with Crippen LogP contribution < -0.4 is 11.1 Å². The third kappa shape index (κ3) is 4.13. The van der Waals surface area contributed by atoms with Crippen LogP contribution in [-0.4, -0.2) is 25.7 Å². The summed E-state index contributed by atoms with van der Waals surface area (Å²) in [4.78, 5) is 4.50. The lowest BCUT2D eigenvalue weighted by Gasteiger charge is -2.16. The standard InChI is InChI=1S/C17H25N3O.HI/c1-21-16-7-3-6-14(16)11-19-17(18)20-15-9-8-12-4-2-5-13(12)10-15;/h8-10,14,16H,2-7,11H2,1H3,(H3,18,19,20);1H. The van der Waals surface area contributed by atoms with Crippen LogP contribution in [0.2, 0.25) is 0 Å². The minimum atomic E-state index is 0. The minimum Gasteiger partial charge on any atom is -0.381 e. The average Bonchev–Trinajstić information content (AvgIpc) is 3.13. The van der Waals surface area contributed by atoms with Crippen molar-refractivity contribution < 1.29 is 4.74 Å². The zero-order valence-electron chi connectivity index (χ0n) is 13.2. The molecule has 2 aliphatic carbocycles. The van der Waals surface area contributed by atoms with Crippen molar-refractivity contribution in [3.8, 4) is 0 Å². The van der Waals surface area contributed by atoms with Gasteiger partial charge in [-0.05, 0) is 55.4 Å². The Morgan fingerprint density at radius 2 is 2.09 bits per heavy atom. The number of nitrogens with two attached hydrogens (primary N) is 1. The van der Waals surface area contributed by atoms with Gasteiger partial charge in [0.15, 0.2) is 5.96 Å². The number of hydrogen-bond donors (Lipinski definition) is 2. The predicted molar refractivity (Wildman–Crippen MR) is 102 cm³/mol. The number of methoxy groups -OCH3 is 1. The first-order chi connectivity index (χ1) is 10.3. The van der Waals surface area contributed by atoms with Gasteiger partial charge in [0.2, 0.25) is 0 Å². The molecule has 1 fully saturated rings. The van der Waals surface area contributed by atoms with E-state index in [1.807, 2.05) is 0 Å². The van der Waals surface area contributed by atoms with Crippen LogP contribution in [0, 0.1) is 5.92 Å². The Balaban J connectivity index is 0.00000176. The van der Waals surface area contributed by atoms with E-state index in [0.29, 0.717) is 18.0 Å². The molecule has 3 rings (SSSR count). The fraction of sp³-hybridized carbons (Fsp3) is 0.588. The number of ether oxygens (including phenoxy) is 1. The molecule has 22 heavy (non-hydrogen) atoms. The molecule has 1 aromatic rings. The van der Waals surface area contributed by atoms with Crippen molar-refractivity contribution in [1.82, 2.24) is 0 Å². The molecular formula is C17H26IN3O. The van der Waals surface area contributed by atoms with E-state index < -0.39 is 0 Å². The fourth-order valence-corrected chi connectivity index (χ4v) is 3.57. The van der Waals surface area contributed by atoms with E-state index in [9.17, 15) is 0 Å². The van der Waals surface area contributed by atoms with Gasteiger partial charge >= 0.3 is 0 Å². The number of aryl methyl sites for hydroxylation is 2. The summed E-state index contributed by atoms with van der Waals surface area (Å²) in [5.74, 6) is 1.02. The van der Waals surface area contributed by atoms with Crippen molar-refractivity contribution in [1.29, 1.82) is 0 Å². The van der Waals surface area contributed by atoms with Crippen LogP contribution in [-0.2, 0) is 17.6 Å². The molecule has 0 aromatic heterocycles. The second-order valence-corrected chi connectivity index (χ2v) is 6.15. The van der Waals surface area contributed by atoms with Crippen molar-refractivity contribution in [2.45, 2.75) is 44.6 Å². The summed E-state index contributed by atoms with van der Waals surface area (Å²) in [6.07, 6.45) is 7.57. The molecule has 3 N–H and O–H groups in total. The van der Waals surface area contributed by atoms with Gasteiger partial charge in [-0.2, -0.15) is 0 Å². The molecule has 0 heterocycles. The first-order valence-electron chi connectivity index (χ1n) is 7.98. The summed E-state index contributed by atoms with van der Waals surface area (Å²) in [6, 6.07) is 6.51. The molecule has 4 nitrogen and oxygen atoms in total. The lowest BCUT2D eigenvalue weighted by molar-refractivity contribution is 0.0743. The largest absolute Gasteiger partial charge is 0.381 e. The summed E-state index contributed by atoms with van der Waals surface area (Å²) in [6.45, 7) is 0.752. The average molecular weight is 415 g/mol. The van der Waals surface area contributed by atoms with Crippen LogP contribution in [0.3, 0.4) is 0 Å². The first-order valence-corrected chi connectivity index (χ1v) is 7.98. The highest BCUT2D eigenvalue weighted by atomic mass is 127. The summed E-state index contributed by atoms with van der Waals surface area (Å²) in [7, 11) is 1.79. The van der Waals surface area contributed by atoms with Crippen LogP contribution in [0.25, 0.3) is 0 Å². The quantitative estimate of drug-likeness (QED) is 0.451. The summed E-state index contributed by atoms with van der Waals surface area (Å²) in [5, 5.41) is 3.22. The third-order valence-corrected chi connectivity index (χ3v) is 4.76. The van der Waals surface area contributed by atoms with E-state index in [-0.39, 0.29) is 24.0 Å². The van der Waals surface area contributed by atoms with Crippen molar-refractivity contribution in [2.75, 3.05) is 19.0 Å². The van der Waals surface area contributed by atoms with Gasteiger partial charge < -0.3 is 15.8 Å². The first kappa shape index (κ1) is 17.5. The molecule has 2 atom stereocenters. The Morgan fingerprint density at radius 3 is 2.91 bits per heavy atom. The van der Waals surface area contributed by atoms with Crippen LogP contribution >= 0.6 is 24.0 Å². The number of halogens is 1. The van der Waals surface area contributed by atoms with Gasteiger partial charge in [0.25, 0.3) is 0 Å². The fourth-order valence-electron chi connectivity index (χ4n) is 3.57. The number of nitrogens with zero attached hydrogens (tertiary/aromatic N) is 1. The van der Waals surface area contributed by atoms with E-state index >= 15 is 0 Å². The Morgan fingerprint density at radius 1 is 1.27 bits per heavy atom. The molecule has 0 saturated heterocycles. The number of anilines is 1. The number of fused-ring (bicyclic) bond motifs is 1. The lowest BCUT2D eigenvalue weighted by Crippen LogP contribution is -2.26. The van der Waals surface area contributed by atoms with Gasteiger partial charge in [-0.1, -0.05) is 12.5 Å². The summed E-state index contributed by atoms with van der Waals surface area (Å²) in [5.41, 5.74) is 9.99. The smallest absolute Gasteiger partial charge is 0.193 e. The van der Waals surface area contributed by atoms with Gasteiger partial charge in [0.1, 0.15) is 0 Å². The summed E-state index contributed by atoms with van der Waals surface area (Å²) < 4.78 is 5.49. The number of nitrogens with one attached hydrogen (secondary N) is 1. The normalized spacial score (nSPS) is 24.0. The van der Waals surface area contributed by atoms with Crippen LogP contribution in [0.4, 0.5) is 5.69 Å². The van der Waals surface area contributed by atoms with Crippen LogP contribution in [0.15, 0.2) is 23.2 Å². The van der Waals surface area contributed by atoms with Crippen molar-refractivity contribution >= 4 is 35.6 Å². The Hall–Kier alpha value is -0.820. The Bertz CT molecular complexity index is 533. The number of hydrogen-bond acceptors (Lipinski definition) is 2. The predicted octanol–water partition coefficient (Wildman–Crippen LogP) is 3.34. The molecule has 0 bridgehead atoms. The zero-order chi connectivity index (χ0) is 14.7. The summed E-state index contributed by atoms with van der Waals surface area (Å²) >= 11 is 0. The van der Waals surface area contributed by atoms with E-state index in [1.54, 1.807) is 7.11 Å². The van der Waals surface area contributed by atoms with Gasteiger partial charge in [-0.3, -0.25) is 4.99 Å². The molecule has 0 amide bonds. The van der Waals surface area contributed by atoms with Crippen LogP contribution in [0.1, 0.15) is 36.8 Å². The number of rotatable bonds is 4. The molecule has 0 spiro atoms. The molecule has 1 aromatic carbocycles. The molecule has 2 aliphatic rings. The maximum atomic E-state index is 6.01. The van der Waals surface area contributed by atoms with Crippen molar-refractivity contribution in [3.63, 3.8) is 0 Å². The molecule has 2 unspecified atom stereocenters. The molecule has 0 radical (unpaired) electrons. The van der Waals surface area contributed by atoms with Crippen LogP contribution in [0.5, 0.6) is 0 Å². The maximum Gasteiger partial charge on any atom is 0.193 e. The van der Waals surface area contributed by atoms with Gasteiger partial charge in [-0.15, -0.1) is 24.0 Å². The number of benzene rings is 1. The topological polar surface area (TPSA) is 59.6 Å². The molecule has 5 heteroatoms. The van der Waals surface area contributed by atoms with E-state index in [1.165, 1.54) is 43.2 Å². The molecular weight excluding hydrogens is 389 g/mol. The molecule has 122 valence electrons. The van der Waals surface area contributed by atoms with Gasteiger partial charge in [0.05, 0.1) is 6.10 Å². The van der Waals surface area contributed by atoms with E-state index in [2.05, 4.69) is 28.5 Å². The van der Waals surface area contributed by atoms with Gasteiger partial charge in [0, 0.05) is 25.3 Å². The third-order valence-electron chi connectivity index (χ3n) is 4.76. The highest BCUT2D eigenvalue weighted by molar-refractivity contribution is 14.0. The second kappa shape index (κ2) is 8.15. The Labute approximate surface area is 149 Å². The highest BCUT2D eigenvalue weighted by Gasteiger charge is 2.26. The molecule has 1 saturated carbocycles. The highest BCUT2D eigenvalue weighted by Crippen LogP contribution is 2.28. The zero-order valence-corrected chi connectivity index (χ0v) is 15.5. The minimum absolute atomic E-state index is 0. The SMILES string of the molecule is COC1CCCC1CN=C(N)Nc1ccc2c(c1)CCC2.I. The number of aliphatic imine (C=N–C) groups is 1. The maximum absolute atomic E-state index is 6.01. The van der Waals surface area contributed by atoms with E-state index in [0.717, 1.165) is 18.7 Å². The lowest BCUT2D eigenvalue weighted by atomic mass is 10.1. The van der Waals surface area contributed by atoms with Crippen molar-refractivity contribution in [3.05, 3.63) is 29.3 Å². The molecule has 0 aliphatic heterocycles. The van der Waals surface area contributed by atoms with E-state index in [4.69, 9.17) is 10.5 Å². The van der Waals surface area contributed by atoms with Gasteiger partial charge in [-0.25, -0.2) is 0 Å².